The summed E-state index contributed by atoms with van der Waals surface area (Å²) in [5.41, 5.74) is 10.3. The van der Waals surface area contributed by atoms with Crippen LogP contribution in [-0.2, 0) is 17.6 Å². The van der Waals surface area contributed by atoms with E-state index in [2.05, 4.69) is 111 Å². The molecule has 1 saturated carbocycles. The number of fused-ring (bicyclic) bond motifs is 11. The number of nitrogens with zero attached hydrogens (tertiary/aromatic N) is 2. The predicted octanol–water partition coefficient (Wildman–Crippen LogP) is 10.5. The Kier molecular flexibility index (Phi) is 6.93. The maximum Gasteiger partial charge on any atom is 0.143 e. The number of hydrogen-bond acceptors (Lipinski definition) is 4. The number of aliphatic imine (C=N–C) groups is 1. The first kappa shape index (κ1) is 31.7. The molecule has 3 aliphatic heterocycles. The molecule has 4 heterocycles. The highest BCUT2D eigenvalue weighted by Crippen LogP contribution is 2.65. The second kappa shape index (κ2) is 11.1. The molecule has 0 radical (unpaired) electrons. The molecule has 1 aromatic heterocycles. The van der Waals surface area contributed by atoms with Crippen molar-refractivity contribution >= 4 is 34.2 Å². The average molecular weight is 698 g/mol. The largest absolute Gasteiger partial charge is 0.348 e. The summed E-state index contributed by atoms with van der Waals surface area (Å²) in [7, 11) is 0. The van der Waals surface area contributed by atoms with E-state index in [0.29, 0.717) is 35.5 Å². The highest BCUT2D eigenvalue weighted by atomic mass is 32.2. The number of ether oxygens (including phenoxy) is 1. The summed E-state index contributed by atoms with van der Waals surface area (Å²) in [5.74, 6) is 5.90. The molecule has 12 atom stereocenters. The monoisotopic (exact) mass is 697 g/mol. The van der Waals surface area contributed by atoms with E-state index in [-0.39, 0.29) is 16.9 Å². The van der Waals surface area contributed by atoms with Crippen LogP contribution in [0, 0.1) is 41.4 Å². The van der Waals surface area contributed by atoms with Gasteiger partial charge in [0.1, 0.15) is 11.6 Å². The minimum absolute atomic E-state index is 0.0286. The van der Waals surface area contributed by atoms with E-state index in [4.69, 9.17) is 9.73 Å². The van der Waals surface area contributed by atoms with Gasteiger partial charge in [0.25, 0.3) is 0 Å². The van der Waals surface area contributed by atoms with Crippen molar-refractivity contribution in [2.75, 3.05) is 0 Å². The highest BCUT2D eigenvalue weighted by molar-refractivity contribution is 8.01. The van der Waals surface area contributed by atoms with Crippen LogP contribution in [0.4, 0.5) is 0 Å². The maximum atomic E-state index is 7.12. The minimum atomic E-state index is -0.421. The van der Waals surface area contributed by atoms with Crippen molar-refractivity contribution < 1.29 is 4.74 Å². The summed E-state index contributed by atoms with van der Waals surface area (Å²) < 4.78 is 9.77. The highest BCUT2D eigenvalue weighted by Gasteiger charge is 2.62. The van der Waals surface area contributed by atoms with Gasteiger partial charge in [0.2, 0.25) is 0 Å². The topological polar surface area (TPSA) is 38.5 Å². The Hall–Kier alpha value is -2.76. The Balaban J connectivity index is 1.06. The third-order valence-corrected chi connectivity index (χ3v) is 16.5. The Morgan fingerprint density at radius 3 is 2.78 bits per heavy atom. The number of aromatic nitrogens is 1. The third-order valence-electron chi connectivity index (χ3n) is 14.9. The van der Waals surface area contributed by atoms with Gasteiger partial charge in [0, 0.05) is 38.3 Å². The van der Waals surface area contributed by atoms with Crippen molar-refractivity contribution in [2.24, 2.45) is 46.4 Å². The number of amidine groups is 1. The van der Waals surface area contributed by atoms with Crippen LogP contribution >= 0.6 is 11.8 Å². The van der Waals surface area contributed by atoms with Gasteiger partial charge in [-0.25, -0.2) is 0 Å². The Morgan fingerprint density at radius 1 is 1.00 bits per heavy atom. The molecular weight excluding hydrogens is 643 g/mol. The molecule has 2 aromatic rings. The van der Waals surface area contributed by atoms with E-state index in [9.17, 15) is 0 Å². The van der Waals surface area contributed by atoms with Crippen molar-refractivity contribution in [3.05, 3.63) is 82.6 Å². The molecule has 51 heavy (non-hydrogen) atoms. The SMILES string of the molecule is CC1C=C(n2c3c(c4c5c(ccc42)C2CCC=C(C4N=C(C6=CC(C)CC7CC67)NC6(C)OC7C=CCCC7C46)C2(C)S5)CC(C)CC3)C=CC1. The first-order chi connectivity index (χ1) is 24.7. The summed E-state index contributed by atoms with van der Waals surface area (Å²) in [6.45, 7) is 12.2. The van der Waals surface area contributed by atoms with Crippen LogP contribution in [0.3, 0.4) is 0 Å². The molecule has 1 aromatic carbocycles. The Bertz CT molecular complexity index is 2040. The second-order valence-electron chi connectivity index (χ2n) is 18.6. The summed E-state index contributed by atoms with van der Waals surface area (Å²) in [5, 5.41) is 5.60. The molecule has 2 fully saturated rings. The standard InChI is InChI=1S/C46H55N3OS/c1-25-10-8-11-29(21-25)49-37-18-16-26(2)22-34(37)40-38(49)19-17-30-35-13-9-14-36(45(35,4)51-43(30)40)42-41-31-12-6-7-15-39(31)50-46(41,5)48-44(47-42)33-23-27(3)20-28-24-32(28)33/h7-8,11,14-15,17,19,21,23,25-28,31-32,35,39,41-42H,6,9-10,12-13,16,18,20,22,24H2,1-5H3,(H,47,48). The smallest absolute Gasteiger partial charge is 0.143 e. The van der Waals surface area contributed by atoms with Crippen LogP contribution in [0.25, 0.3) is 16.6 Å². The van der Waals surface area contributed by atoms with Crippen LogP contribution in [0.5, 0.6) is 0 Å². The molecular formula is C46H55N3OS. The Labute approximate surface area is 309 Å². The van der Waals surface area contributed by atoms with Crippen LogP contribution in [0.15, 0.2) is 75.7 Å². The second-order valence-corrected chi connectivity index (χ2v) is 20.0. The van der Waals surface area contributed by atoms with E-state index in [0.717, 1.165) is 36.9 Å². The lowest BCUT2D eigenvalue weighted by Gasteiger charge is -2.48. The number of hydrogen-bond donors (Lipinski definition) is 1. The molecule has 9 aliphatic rings. The zero-order chi connectivity index (χ0) is 34.4. The number of nitrogens with one attached hydrogen (secondary N) is 1. The fraction of sp³-hybridized carbons (Fsp3) is 0.587. The summed E-state index contributed by atoms with van der Waals surface area (Å²) >= 11 is 2.22. The van der Waals surface area contributed by atoms with Gasteiger partial charge in [-0.15, -0.1) is 11.8 Å². The molecule has 1 saturated heterocycles. The third kappa shape index (κ3) is 4.58. The molecule has 4 nitrogen and oxygen atoms in total. The predicted molar refractivity (Wildman–Crippen MR) is 211 cm³/mol. The van der Waals surface area contributed by atoms with Gasteiger partial charge >= 0.3 is 0 Å². The van der Waals surface area contributed by atoms with Crippen molar-refractivity contribution in [3.63, 3.8) is 0 Å². The number of allylic oxidation sites excluding steroid dienone is 7. The first-order valence-corrected chi connectivity index (χ1v) is 21.4. The lowest BCUT2D eigenvalue weighted by atomic mass is 9.66. The normalized spacial score (nSPS) is 43.1. The number of benzene rings is 1. The number of thioether (sulfide) groups is 1. The molecule has 266 valence electrons. The van der Waals surface area contributed by atoms with Crippen molar-refractivity contribution in [3.8, 4) is 0 Å². The van der Waals surface area contributed by atoms with E-state index >= 15 is 0 Å². The van der Waals surface area contributed by atoms with Crippen LogP contribution in [0.2, 0.25) is 0 Å². The van der Waals surface area contributed by atoms with Gasteiger partial charge in [0.05, 0.1) is 17.7 Å². The minimum Gasteiger partial charge on any atom is -0.348 e. The summed E-state index contributed by atoms with van der Waals surface area (Å²) in [6, 6.07) is 5.19. The van der Waals surface area contributed by atoms with Gasteiger partial charge in [-0.05, 0) is 148 Å². The van der Waals surface area contributed by atoms with Crippen molar-refractivity contribution in [1.82, 2.24) is 9.88 Å². The van der Waals surface area contributed by atoms with Gasteiger partial charge in [-0.1, -0.05) is 63.3 Å². The molecule has 1 N–H and O–H groups in total. The molecule has 5 heteroatoms. The molecule has 0 spiro atoms. The van der Waals surface area contributed by atoms with Gasteiger partial charge in [0.15, 0.2) is 0 Å². The molecule has 0 bridgehead atoms. The zero-order valence-electron chi connectivity index (χ0n) is 31.3. The fourth-order valence-electron chi connectivity index (χ4n) is 12.5. The van der Waals surface area contributed by atoms with Gasteiger partial charge < -0.3 is 14.6 Å². The molecule has 11 rings (SSSR count). The molecule has 12 unspecified atom stereocenters. The quantitative estimate of drug-likeness (QED) is 0.325. The fourth-order valence-corrected chi connectivity index (χ4v) is 14.3. The van der Waals surface area contributed by atoms with E-state index in [1.54, 1.807) is 32.7 Å². The number of rotatable bonds is 3. The van der Waals surface area contributed by atoms with Crippen LogP contribution in [0.1, 0.15) is 109 Å². The van der Waals surface area contributed by atoms with Crippen LogP contribution in [-0.4, -0.2) is 33.0 Å². The summed E-state index contributed by atoms with van der Waals surface area (Å²) in [6.07, 6.45) is 29.6. The first-order valence-electron chi connectivity index (χ1n) is 20.6. The van der Waals surface area contributed by atoms with E-state index in [1.807, 2.05) is 0 Å². The lowest BCUT2D eigenvalue weighted by molar-refractivity contribution is -0.0482. The lowest BCUT2D eigenvalue weighted by Crippen LogP contribution is -2.60. The van der Waals surface area contributed by atoms with E-state index < -0.39 is 5.72 Å². The Morgan fingerprint density at radius 2 is 1.90 bits per heavy atom. The van der Waals surface area contributed by atoms with Crippen molar-refractivity contribution in [2.45, 2.75) is 132 Å². The summed E-state index contributed by atoms with van der Waals surface area (Å²) in [4.78, 5) is 7.52. The van der Waals surface area contributed by atoms with Crippen LogP contribution < -0.4 is 5.32 Å². The van der Waals surface area contributed by atoms with Gasteiger partial charge in [-0.3, -0.25) is 4.99 Å². The average Bonchev–Trinajstić information content (AvgIpc) is 3.57. The molecule has 6 aliphatic carbocycles. The molecule has 0 amide bonds. The maximum absolute atomic E-state index is 7.12. The van der Waals surface area contributed by atoms with Gasteiger partial charge in [-0.2, -0.15) is 0 Å². The van der Waals surface area contributed by atoms with Crippen molar-refractivity contribution in [1.29, 1.82) is 0 Å². The van der Waals surface area contributed by atoms with E-state index in [1.165, 1.54) is 61.7 Å². The zero-order valence-corrected chi connectivity index (χ0v) is 32.1.